The van der Waals surface area contributed by atoms with E-state index >= 15 is 0 Å². The summed E-state index contributed by atoms with van der Waals surface area (Å²) in [6, 6.07) is 16.6. The first-order valence-corrected chi connectivity index (χ1v) is 11.8. The number of anilines is 2. The Morgan fingerprint density at radius 1 is 1.09 bits per heavy atom. The summed E-state index contributed by atoms with van der Waals surface area (Å²) in [4.78, 5) is 27.8. The van der Waals surface area contributed by atoms with Crippen molar-refractivity contribution in [3.8, 4) is 16.3 Å². The van der Waals surface area contributed by atoms with E-state index in [1.165, 1.54) is 0 Å². The number of rotatable bonds is 5. The molecule has 7 nitrogen and oxygen atoms in total. The van der Waals surface area contributed by atoms with Gasteiger partial charge in [0.15, 0.2) is 0 Å². The van der Waals surface area contributed by atoms with Crippen LogP contribution >= 0.6 is 22.9 Å². The van der Waals surface area contributed by atoms with Crippen molar-refractivity contribution in [2.45, 2.75) is 19.9 Å². The number of nitrogen functional groups attached to an aromatic ring is 1. The number of para-hydroxylation sites is 1. The van der Waals surface area contributed by atoms with Crippen LogP contribution in [-0.2, 0) is 0 Å². The molecule has 9 heteroatoms. The van der Waals surface area contributed by atoms with Gasteiger partial charge in [-0.05, 0) is 43.5 Å². The summed E-state index contributed by atoms with van der Waals surface area (Å²) in [6.45, 7) is 3.97. The molecule has 0 saturated carbocycles. The molecule has 0 unspecified atom stereocenters. The van der Waals surface area contributed by atoms with E-state index in [2.05, 4.69) is 20.3 Å². The molecule has 0 bridgehead atoms. The third-order valence-electron chi connectivity index (χ3n) is 5.49. The molecule has 0 fully saturated rings. The van der Waals surface area contributed by atoms with Crippen LogP contribution in [0, 0.1) is 6.92 Å². The topological polar surface area (TPSA) is 98.7 Å². The smallest absolute Gasteiger partial charge is 0.264 e. The fourth-order valence-corrected chi connectivity index (χ4v) is 4.96. The van der Waals surface area contributed by atoms with E-state index in [1.807, 2.05) is 68.6 Å². The number of fused-ring (bicyclic) bond motifs is 1. The lowest BCUT2D eigenvalue weighted by molar-refractivity contribution is 0.773. The fourth-order valence-electron chi connectivity index (χ4n) is 3.92. The fraction of sp³-hybridized carbons (Fsp3) is 0.120. The average molecular weight is 489 g/mol. The molecule has 2 aromatic carbocycles. The summed E-state index contributed by atoms with van der Waals surface area (Å²) in [7, 11) is 0. The molecule has 170 valence electrons. The normalized spacial score (nSPS) is 12.1. The van der Waals surface area contributed by atoms with Gasteiger partial charge in [-0.25, -0.2) is 9.97 Å². The van der Waals surface area contributed by atoms with Crippen molar-refractivity contribution in [3.05, 3.63) is 92.9 Å². The van der Waals surface area contributed by atoms with Crippen LogP contribution in [0.2, 0.25) is 5.02 Å². The van der Waals surface area contributed by atoms with Crippen molar-refractivity contribution in [2.75, 3.05) is 11.1 Å². The summed E-state index contributed by atoms with van der Waals surface area (Å²) in [5.41, 5.74) is 7.98. The average Bonchev–Trinajstić information content (AvgIpc) is 3.25. The zero-order chi connectivity index (χ0) is 23.8. The molecular weight excluding hydrogens is 468 g/mol. The number of benzene rings is 2. The van der Waals surface area contributed by atoms with E-state index in [1.54, 1.807) is 28.2 Å². The number of pyridine rings is 1. The summed E-state index contributed by atoms with van der Waals surface area (Å²) in [6.07, 6.45) is 3.48. The van der Waals surface area contributed by atoms with Crippen molar-refractivity contribution < 1.29 is 0 Å². The van der Waals surface area contributed by atoms with Crippen LogP contribution in [0.15, 0.2) is 71.8 Å². The zero-order valence-corrected chi connectivity index (χ0v) is 20.1. The Bertz CT molecular complexity index is 1560. The highest BCUT2D eigenvalue weighted by atomic mass is 35.5. The van der Waals surface area contributed by atoms with Crippen molar-refractivity contribution >= 4 is 45.5 Å². The summed E-state index contributed by atoms with van der Waals surface area (Å²) < 4.78 is 1.68. The first-order valence-electron chi connectivity index (χ1n) is 10.6. The molecule has 5 aromatic rings. The number of hydrogen-bond acceptors (Lipinski definition) is 7. The molecule has 0 saturated heterocycles. The third kappa shape index (κ3) is 4.02. The number of thiazole rings is 1. The minimum atomic E-state index is -0.314. The van der Waals surface area contributed by atoms with Crippen LogP contribution in [0.4, 0.5) is 11.8 Å². The van der Waals surface area contributed by atoms with E-state index < -0.39 is 0 Å². The van der Waals surface area contributed by atoms with Gasteiger partial charge >= 0.3 is 0 Å². The molecule has 3 N–H and O–H groups in total. The first-order chi connectivity index (χ1) is 16.4. The van der Waals surface area contributed by atoms with Crippen LogP contribution < -0.4 is 16.6 Å². The first kappa shape index (κ1) is 22.1. The minimum Gasteiger partial charge on any atom is -0.368 e. The number of aryl methyl sites for hydroxylation is 1. The van der Waals surface area contributed by atoms with Crippen LogP contribution in [0.3, 0.4) is 0 Å². The van der Waals surface area contributed by atoms with Crippen molar-refractivity contribution in [2.24, 2.45) is 0 Å². The molecule has 0 aliphatic heterocycles. The van der Waals surface area contributed by atoms with Gasteiger partial charge in [0.25, 0.3) is 5.56 Å². The predicted molar refractivity (Wildman–Crippen MR) is 139 cm³/mol. The Balaban J connectivity index is 1.67. The van der Waals surface area contributed by atoms with Gasteiger partial charge in [0.05, 0.1) is 22.0 Å². The van der Waals surface area contributed by atoms with E-state index in [0.29, 0.717) is 16.2 Å². The number of aromatic nitrogens is 4. The van der Waals surface area contributed by atoms with Crippen molar-refractivity contribution in [3.63, 3.8) is 0 Å². The molecule has 3 aromatic heterocycles. The lowest BCUT2D eigenvalue weighted by Crippen LogP contribution is -2.26. The van der Waals surface area contributed by atoms with Gasteiger partial charge in [0, 0.05) is 28.7 Å². The molecule has 0 amide bonds. The molecule has 0 aliphatic carbocycles. The number of hydrogen-bond donors (Lipinski definition) is 2. The Labute approximate surface area is 204 Å². The molecule has 0 radical (unpaired) electrons. The van der Waals surface area contributed by atoms with E-state index in [-0.39, 0.29) is 17.5 Å². The van der Waals surface area contributed by atoms with E-state index in [4.69, 9.17) is 17.3 Å². The lowest BCUT2D eigenvalue weighted by Gasteiger charge is -2.22. The molecule has 34 heavy (non-hydrogen) atoms. The number of nitrogens with one attached hydrogen (secondary N) is 1. The highest BCUT2D eigenvalue weighted by Gasteiger charge is 2.20. The van der Waals surface area contributed by atoms with Gasteiger partial charge in [0.1, 0.15) is 10.8 Å². The maximum absolute atomic E-state index is 13.7. The molecule has 0 aliphatic rings. The summed E-state index contributed by atoms with van der Waals surface area (Å²) in [5.74, 6) is 0.699. The van der Waals surface area contributed by atoms with Gasteiger partial charge in [-0.15, -0.1) is 11.3 Å². The van der Waals surface area contributed by atoms with Gasteiger partial charge in [0.2, 0.25) is 5.95 Å². The quantitative estimate of drug-likeness (QED) is 0.333. The molecular formula is C25H21ClN6OS. The number of nitrogens with zero attached hydrogens (tertiary/aromatic N) is 4. The highest BCUT2D eigenvalue weighted by Crippen LogP contribution is 2.33. The molecule has 1 atom stereocenters. The van der Waals surface area contributed by atoms with Crippen LogP contribution in [0.25, 0.3) is 27.0 Å². The van der Waals surface area contributed by atoms with Crippen LogP contribution in [-0.4, -0.2) is 19.5 Å². The predicted octanol–water partition coefficient (Wildman–Crippen LogP) is 5.62. The van der Waals surface area contributed by atoms with Gasteiger partial charge in [-0.1, -0.05) is 41.9 Å². The summed E-state index contributed by atoms with van der Waals surface area (Å²) in [5, 5.41) is 5.90. The Hall–Kier alpha value is -3.75. The van der Waals surface area contributed by atoms with Crippen LogP contribution in [0.5, 0.6) is 0 Å². The maximum Gasteiger partial charge on any atom is 0.264 e. The molecule has 5 rings (SSSR count). The second-order valence-electron chi connectivity index (χ2n) is 7.88. The molecule has 3 heterocycles. The SMILES string of the molecule is Cc1cnc(-c2cnc(N)nc2N[C@@H](C)c2cc3cccc(Cl)c3c(=O)n2-c2ccccc2)s1. The minimum absolute atomic E-state index is 0.150. The van der Waals surface area contributed by atoms with Gasteiger partial charge in [-0.2, -0.15) is 4.98 Å². The van der Waals surface area contributed by atoms with Crippen molar-refractivity contribution in [1.82, 2.24) is 19.5 Å². The highest BCUT2D eigenvalue weighted by molar-refractivity contribution is 7.15. The monoisotopic (exact) mass is 488 g/mol. The third-order valence-corrected chi connectivity index (χ3v) is 6.76. The summed E-state index contributed by atoms with van der Waals surface area (Å²) >= 11 is 7.97. The standard InChI is InChI=1S/C25H21ClN6OS/c1-14-12-28-23(34-14)18-13-29-25(27)31-22(18)30-15(2)20-11-16-7-6-10-19(26)21(16)24(33)32(20)17-8-4-3-5-9-17/h3-13,15H,1-2H3,(H3,27,29,30,31)/t15-/m0/s1. The number of halogens is 1. The van der Waals surface area contributed by atoms with E-state index in [0.717, 1.165) is 32.2 Å². The lowest BCUT2D eigenvalue weighted by atomic mass is 10.1. The van der Waals surface area contributed by atoms with E-state index in [9.17, 15) is 4.79 Å². The Kier molecular flexibility index (Phi) is 5.77. The van der Waals surface area contributed by atoms with Gasteiger partial charge in [-0.3, -0.25) is 9.36 Å². The Morgan fingerprint density at radius 2 is 1.88 bits per heavy atom. The second kappa shape index (κ2) is 8.89. The Morgan fingerprint density at radius 3 is 2.62 bits per heavy atom. The second-order valence-corrected chi connectivity index (χ2v) is 9.52. The number of nitrogens with two attached hydrogens (primary N) is 1. The largest absolute Gasteiger partial charge is 0.368 e. The zero-order valence-electron chi connectivity index (χ0n) is 18.5. The van der Waals surface area contributed by atoms with Gasteiger partial charge < -0.3 is 11.1 Å². The molecule has 0 spiro atoms. The maximum atomic E-state index is 13.7. The van der Waals surface area contributed by atoms with Crippen molar-refractivity contribution in [1.29, 1.82) is 0 Å². The van der Waals surface area contributed by atoms with Crippen LogP contribution in [0.1, 0.15) is 23.5 Å².